The van der Waals surface area contributed by atoms with Gasteiger partial charge in [-0.05, 0) is 34.3 Å². The Morgan fingerprint density at radius 2 is 1.95 bits per heavy atom. The van der Waals surface area contributed by atoms with Crippen LogP contribution in [-0.2, 0) is 7.05 Å². The van der Waals surface area contributed by atoms with Gasteiger partial charge in [0, 0.05) is 7.05 Å². The molecule has 0 spiro atoms. The first-order chi connectivity index (χ1) is 10.6. The summed E-state index contributed by atoms with van der Waals surface area (Å²) in [6.45, 7) is 0. The Morgan fingerprint density at radius 3 is 2.68 bits per heavy atom. The molecular weight excluding hydrogens is 306 g/mol. The minimum atomic E-state index is -0.576. The fourth-order valence-electron chi connectivity index (χ4n) is 1.78. The average molecular weight is 317 g/mol. The minimum absolute atomic E-state index is 0.0568. The van der Waals surface area contributed by atoms with E-state index in [1.165, 1.54) is 11.7 Å². The van der Waals surface area contributed by atoms with E-state index in [1.54, 1.807) is 0 Å². The maximum atomic E-state index is 11.9. The van der Waals surface area contributed by atoms with Gasteiger partial charge in [0.1, 0.15) is 10.7 Å². The Kier molecular flexibility index (Phi) is 3.51. The van der Waals surface area contributed by atoms with Crippen molar-refractivity contribution in [1.29, 1.82) is 0 Å². The fourth-order valence-corrected chi connectivity index (χ4v) is 2.65. The number of nitrogens with two attached hydrogens (primary N) is 1. The summed E-state index contributed by atoms with van der Waals surface area (Å²) in [7, 11) is 1.47. The standard InChI is InChI=1S/C12H11N7O2S/c1-18-9(13)8(10(20)14-11(18)21)22-12-15-16-17-19(12)7-5-3-2-4-6-7/h2-6H,13H2,1H3,(H,14,20,21). The van der Waals surface area contributed by atoms with E-state index >= 15 is 0 Å². The smallest absolute Gasteiger partial charge is 0.329 e. The molecule has 22 heavy (non-hydrogen) atoms. The molecule has 3 N–H and O–H groups in total. The van der Waals surface area contributed by atoms with Crippen LogP contribution in [0.1, 0.15) is 0 Å². The minimum Gasteiger partial charge on any atom is -0.384 e. The van der Waals surface area contributed by atoms with E-state index in [0.29, 0.717) is 5.16 Å². The highest BCUT2D eigenvalue weighted by Gasteiger charge is 2.16. The number of benzene rings is 1. The highest BCUT2D eigenvalue weighted by Crippen LogP contribution is 2.27. The van der Waals surface area contributed by atoms with E-state index in [9.17, 15) is 9.59 Å². The van der Waals surface area contributed by atoms with Gasteiger partial charge in [-0.25, -0.2) is 4.79 Å². The molecule has 3 rings (SSSR count). The van der Waals surface area contributed by atoms with Crippen molar-refractivity contribution in [2.75, 3.05) is 5.73 Å². The number of rotatable bonds is 3. The highest BCUT2D eigenvalue weighted by molar-refractivity contribution is 7.99. The molecule has 2 heterocycles. The lowest BCUT2D eigenvalue weighted by Crippen LogP contribution is -2.31. The van der Waals surface area contributed by atoms with Gasteiger partial charge in [-0.15, -0.1) is 5.10 Å². The zero-order chi connectivity index (χ0) is 15.7. The number of tetrazole rings is 1. The second-order valence-corrected chi connectivity index (χ2v) is 5.32. The number of aromatic amines is 1. The normalized spacial score (nSPS) is 10.8. The van der Waals surface area contributed by atoms with Crippen LogP contribution in [0, 0.1) is 0 Å². The first kappa shape index (κ1) is 14.1. The zero-order valence-electron chi connectivity index (χ0n) is 11.4. The summed E-state index contributed by atoms with van der Waals surface area (Å²) in [5.74, 6) is 0.0568. The van der Waals surface area contributed by atoms with Crippen molar-refractivity contribution in [2.45, 2.75) is 10.1 Å². The molecule has 0 atom stereocenters. The fraction of sp³-hybridized carbons (Fsp3) is 0.0833. The van der Waals surface area contributed by atoms with E-state index in [4.69, 9.17) is 5.73 Å². The summed E-state index contributed by atoms with van der Waals surface area (Å²) in [4.78, 5) is 25.8. The number of anilines is 1. The molecule has 3 aromatic rings. The van der Waals surface area contributed by atoms with Crippen molar-refractivity contribution in [3.63, 3.8) is 0 Å². The molecule has 9 nitrogen and oxygen atoms in total. The molecule has 0 aliphatic rings. The third-order valence-electron chi connectivity index (χ3n) is 2.96. The van der Waals surface area contributed by atoms with Gasteiger partial charge in [-0.3, -0.25) is 14.3 Å². The van der Waals surface area contributed by atoms with Crippen LogP contribution in [0.2, 0.25) is 0 Å². The quantitative estimate of drug-likeness (QED) is 0.684. The molecule has 0 aliphatic carbocycles. The molecule has 0 radical (unpaired) electrons. The predicted octanol–water partition coefficient (Wildman–Crippen LogP) is -0.217. The van der Waals surface area contributed by atoms with Gasteiger partial charge in [0.2, 0.25) is 5.16 Å². The Morgan fingerprint density at radius 1 is 1.23 bits per heavy atom. The molecule has 0 amide bonds. The van der Waals surface area contributed by atoms with Crippen LogP contribution < -0.4 is 17.0 Å². The lowest BCUT2D eigenvalue weighted by atomic mass is 10.3. The van der Waals surface area contributed by atoms with Crippen molar-refractivity contribution in [3.05, 3.63) is 51.2 Å². The SMILES string of the molecule is Cn1c(N)c(Sc2nnnn2-c2ccccc2)c(=O)[nH]c1=O. The van der Waals surface area contributed by atoms with Gasteiger partial charge in [-0.1, -0.05) is 18.2 Å². The summed E-state index contributed by atoms with van der Waals surface area (Å²) in [5.41, 5.74) is 5.43. The first-order valence-electron chi connectivity index (χ1n) is 6.18. The van der Waals surface area contributed by atoms with E-state index in [0.717, 1.165) is 22.0 Å². The van der Waals surface area contributed by atoms with E-state index in [-0.39, 0.29) is 10.7 Å². The number of nitrogens with one attached hydrogen (secondary N) is 1. The number of nitrogen functional groups attached to an aromatic ring is 1. The first-order valence-corrected chi connectivity index (χ1v) is 7.00. The summed E-state index contributed by atoms with van der Waals surface area (Å²) in [5, 5.41) is 11.8. The molecule has 0 aliphatic heterocycles. The predicted molar refractivity (Wildman–Crippen MR) is 80.0 cm³/mol. The van der Waals surface area contributed by atoms with Crippen LogP contribution in [0.25, 0.3) is 5.69 Å². The van der Waals surface area contributed by atoms with E-state index in [2.05, 4.69) is 20.5 Å². The molecule has 2 aromatic heterocycles. The number of hydrogen-bond acceptors (Lipinski definition) is 7. The van der Waals surface area contributed by atoms with Gasteiger partial charge >= 0.3 is 5.69 Å². The van der Waals surface area contributed by atoms with Crippen LogP contribution in [0.3, 0.4) is 0 Å². The van der Waals surface area contributed by atoms with E-state index < -0.39 is 11.2 Å². The molecule has 0 fully saturated rings. The maximum absolute atomic E-state index is 11.9. The van der Waals surface area contributed by atoms with E-state index in [1.807, 2.05) is 30.3 Å². The number of para-hydroxylation sites is 1. The van der Waals surface area contributed by atoms with Crippen molar-refractivity contribution in [2.24, 2.45) is 7.05 Å². The number of H-pyrrole nitrogens is 1. The number of aromatic nitrogens is 6. The van der Waals surface area contributed by atoms with Crippen LogP contribution in [0.5, 0.6) is 0 Å². The van der Waals surface area contributed by atoms with Gasteiger partial charge in [0.15, 0.2) is 0 Å². The van der Waals surface area contributed by atoms with Crippen molar-refractivity contribution < 1.29 is 0 Å². The molecule has 10 heteroatoms. The molecule has 0 saturated heterocycles. The van der Waals surface area contributed by atoms with Crippen LogP contribution in [-0.4, -0.2) is 29.8 Å². The molecule has 0 unspecified atom stereocenters. The van der Waals surface area contributed by atoms with Gasteiger partial charge in [0.25, 0.3) is 5.56 Å². The largest absolute Gasteiger partial charge is 0.384 e. The van der Waals surface area contributed by atoms with Crippen molar-refractivity contribution >= 4 is 17.6 Å². The third-order valence-corrected chi connectivity index (χ3v) is 4.00. The summed E-state index contributed by atoms with van der Waals surface area (Å²) >= 11 is 0.990. The number of hydrogen-bond donors (Lipinski definition) is 2. The molecular formula is C12H11N7O2S. The molecule has 0 bridgehead atoms. The Balaban J connectivity index is 2.07. The monoisotopic (exact) mass is 317 g/mol. The molecule has 0 saturated carbocycles. The Bertz CT molecular complexity index is 929. The summed E-state index contributed by atoms with van der Waals surface area (Å²) in [6.07, 6.45) is 0. The Labute approximate surface area is 127 Å². The highest BCUT2D eigenvalue weighted by atomic mass is 32.2. The summed E-state index contributed by atoms with van der Waals surface area (Å²) < 4.78 is 2.63. The average Bonchev–Trinajstić information content (AvgIpc) is 2.98. The third kappa shape index (κ3) is 2.39. The lowest BCUT2D eigenvalue weighted by Gasteiger charge is -2.08. The lowest BCUT2D eigenvalue weighted by molar-refractivity contribution is 0.754. The van der Waals surface area contributed by atoms with Crippen LogP contribution in [0.4, 0.5) is 5.82 Å². The van der Waals surface area contributed by atoms with Crippen LogP contribution in [0.15, 0.2) is 50.0 Å². The summed E-state index contributed by atoms with van der Waals surface area (Å²) in [6, 6.07) is 9.22. The molecule has 112 valence electrons. The Hall–Kier alpha value is -2.88. The van der Waals surface area contributed by atoms with Gasteiger partial charge in [-0.2, -0.15) is 4.68 Å². The van der Waals surface area contributed by atoms with Crippen LogP contribution >= 0.6 is 11.8 Å². The van der Waals surface area contributed by atoms with Gasteiger partial charge in [0.05, 0.1) is 5.69 Å². The van der Waals surface area contributed by atoms with Crippen molar-refractivity contribution in [3.8, 4) is 5.69 Å². The van der Waals surface area contributed by atoms with Crippen molar-refractivity contribution in [1.82, 2.24) is 29.8 Å². The second kappa shape index (κ2) is 5.48. The topological polar surface area (TPSA) is 124 Å². The molecule has 1 aromatic carbocycles. The maximum Gasteiger partial charge on any atom is 0.329 e. The zero-order valence-corrected chi connectivity index (χ0v) is 12.2. The second-order valence-electron chi connectivity index (χ2n) is 4.34. The number of nitrogens with zero attached hydrogens (tertiary/aromatic N) is 5. The van der Waals surface area contributed by atoms with Gasteiger partial charge < -0.3 is 5.73 Å².